The highest BCUT2D eigenvalue weighted by Crippen LogP contribution is 2.53. The van der Waals surface area contributed by atoms with Crippen molar-refractivity contribution in [1.82, 2.24) is 14.9 Å². The number of rotatable bonds is 7. The summed E-state index contributed by atoms with van der Waals surface area (Å²) in [7, 11) is -4.57. The third kappa shape index (κ3) is 4.79. The summed E-state index contributed by atoms with van der Waals surface area (Å²) in [5.74, 6) is -0.239. The van der Waals surface area contributed by atoms with Crippen molar-refractivity contribution in [3.05, 3.63) is 119 Å². The topological polar surface area (TPSA) is 120 Å². The van der Waals surface area contributed by atoms with Crippen LogP contribution in [0.25, 0.3) is 10.9 Å². The Hall–Kier alpha value is -5.02. The molecule has 0 radical (unpaired) electrons. The van der Waals surface area contributed by atoms with Crippen molar-refractivity contribution in [2.45, 2.75) is 17.4 Å². The van der Waals surface area contributed by atoms with E-state index in [1.54, 1.807) is 42.7 Å². The Bertz CT molecular complexity index is 2170. The van der Waals surface area contributed by atoms with Crippen LogP contribution in [0, 0.1) is 11.3 Å². The van der Waals surface area contributed by atoms with E-state index in [9.17, 15) is 13.7 Å². The maximum atomic E-state index is 15.4. The van der Waals surface area contributed by atoms with Gasteiger partial charge >= 0.3 is 0 Å². The average Bonchev–Trinajstić information content (AvgIpc) is 3.37. The fourth-order valence-electron chi connectivity index (χ4n) is 6.74. The number of nitrogens with zero attached hydrogens (tertiary/aromatic N) is 6. The number of sulfonamides is 1. The standard InChI is InChI=1S/C35H29ClN6O4S/c1-2-46-31-8-4-3-7-27(31)35(41-20-18-40(19-21-41)25-13-16-38-17-14-25)28-22-24(23-37)9-11-30(28)42(34(35)43)47(44,45)32-12-10-29(36)26-6-5-15-39-33(26)32/h3-17,22H,2,18-21H2,1H3. The zero-order chi connectivity index (χ0) is 32.8. The van der Waals surface area contributed by atoms with Crippen LogP contribution in [0.3, 0.4) is 0 Å². The first-order chi connectivity index (χ1) is 22.8. The van der Waals surface area contributed by atoms with Gasteiger partial charge in [-0.2, -0.15) is 5.26 Å². The summed E-state index contributed by atoms with van der Waals surface area (Å²) in [6, 6.07) is 24.2. The Morgan fingerprint density at radius 1 is 0.936 bits per heavy atom. The van der Waals surface area contributed by atoms with E-state index in [4.69, 9.17) is 16.3 Å². The Labute approximate surface area is 277 Å². The molecule has 12 heteroatoms. The molecule has 0 aliphatic carbocycles. The number of anilines is 2. The number of aromatic nitrogens is 2. The summed E-state index contributed by atoms with van der Waals surface area (Å²) in [6.45, 7) is 4.11. The molecule has 7 rings (SSSR count). The van der Waals surface area contributed by atoms with Gasteiger partial charge in [-0.15, -0.1) is 0 Å². The maximum absolute atomic E-state index is 15.4. The predicted molar refractivity (Wildman–Crippen MR) is 179 cm³/mol. The highest BCUT2D eigenvalue weighted by Gasteiger charge is 2.60. The van der Waals surface area contributed by atoms with Crippen LogP contribution < -0.4 is 13.9 Å². The molecule has 10 nitrogen and oxygen atoms in total. The Kier molecular flexibility index (Phi) is 7.80. The SMILES string of the molecule is CCOc1ccccc1C1(N2CCN(c3ccncc3)CC2)C(=O)N(S(=O)(=O)c2ccc(Cl)c3cccnc23)c2ccc(C#N)cc21. The van der Waals surface area contributed by atoms with Crippen LogP contribution in [-0.2, 0) is 20.4 Å². The van der Waals surface area contributed by atoms with Gasteiger partial charge in [0.05, 0.1) is 34.5 Å². The molecule has 1 amide bonds. The van der Waals surface area contributed by atoms with Crippen LogP contribution >= 0.6 is 11.6 Å². The molecule has 1 saturated heterocycles. The van der Waals surface area contributed by atoms with Crippen molar-refractivity contribution in [3.63, 3.8) is 0 Å². The lowest BCUT2D eigenvalue weighted by molar-refractivity contribution is -0.127. The lowest BCUT2D eigenvalue weighted by Gasteiger charge is -2.46. The number of amides is 1. The molecule has 3 aromatic carbocycles. The van der Waals surface area contributed by atoms with Crippen molar-refractivity contribution in [3.8, 4) is 11.8 Å². The quantitative estimate of drug-likeness (QED) is 0.227. The minimum absolute atomic E-state index is 0.154. The number of halogens is 1. The van der Waals surface area contributed by atoms with Gasteiger partial charge in [-0.3, -0.25) is 19.7 Å². The molecule has 5 aromatic rings. The van der Waals surface area contributed by atoms with Crippen LogP contribution in [0.2, 0.25) is 5.02 Å². The smallest absolute Gasteiger partial charge is 0.273 e. The number of hydrogen-bond acceptors (Lipinski definition) is 9. The largest absolute Gasteiger partial charge is 0.493 e. The number of fused-ring (bicyclic) bond motifs is 2. The Morgan fingerprint density at radius 3 is 2.45 bits per heavy atom. The molecule has 0 bridgehead atoms. The number of benzene rings is 3. The van der Waals surface area contributed by atoms with E-state index in [1.165, 1.54) is 30.5 Å². The number of carbonyl (C=O) groups is 1. The van der Waals surface area contributed by atoms with Gasteiger partial charge < -0.3 is 9.64 Å². The number of ether oxygens (including phenoxy) is 1. The van der Waals surface area contributed by atoms with E-state index in [0.717, 1.165) is 9.99 Å². The van der Waals surface area contributed by atoms with E-state index >= 15 is 4.79 Å². The van der Waals surface area contributed by atoms with Gasteiger partial charge in [0.2, 0.25) is 0 Å². The zero-order valence-electron chi connectivity index (χ0n) is 25.4. The minimum atomic E-state index is -4.57. The van der Waals surface area contributed by atoms with Gasteiger partial charge in [0.25, 0.3) is 15.9 Å². The number of carbonyl (C=O) groups excluding carboxylic acids is 1. The first-order valence-corrected chi connectivity index (χ1v) is 16.9. The van der Waals surface area contributed by atoms with E-state index in [1.807, 2.05) is 36.1 Å². The third-order valence-corrected chi connectivity index (χ3v) is 10.8. The molecule has 2 aromatic heterocycles. The van der Waals surface area contributed by atoms with Crippen molar-refractivity contribution < 1.29 is 17.9 Å². The van der Waals surface area contributed by atoms with Gasteiger partial charge in [-0.05, 0) is 67.6 Å². The molecule has 1 fully saturated rings. The van der Waals surface area contributed by atoms with E-state index in [-0.39, 0.29) is 16.1 Å². The maximum Gasteiger partial charge on any atom is 0.273 e. The van der Waals surface area contributed by atoms with Crippen LogP contribution in [-0.4, -0.2) is 62.0 Å². The van der Waals surface area contributed by atoms with Gasteiger partial charge in [0.1, 0.15) is 10.6 Å². The number of nitriles is 1. The van der Waals surface area contributed by atoms with Crippen molar-refractivity contribution >= 4 is 49.8 Å². The number of pyridine rings is 2. The first-order valence-electron chi connectivity index (χ1n) is 15.1. The highest BCUT2D eigenvalue weighted by molar-refractivity contribution is 7.93. The molecule has 236 valence electrons. The van der Waals surface area contributed by atoms with E-state index in [2.05, 4.69) is 20.9 Å². The first kappa shape index (κ1) is 30.6. The summed E-state index contributed by atoms with van der Waals surface area (Å²) in [4.78, 5) is 28.0. The lowest BCUT2D eigenvalue weighted by Crippen LogP contribution is -2.60. The molecule has 47 heavy (non-hydrogen) atoms. The summed E-state index contributed by atoms with van der Waals surface area (Å²) in [5.41, 5.74) is 0.860. The minimum Gasteiger partial charge on any atom is -0.493 e. The molecule has 0 saturated carbocycles. The number of piperazine rings is 1. The van der Waals surface area contributed by atoms with Crippen LogP contribution in [0.1, 0.15) is 23.6 Å². The predicted octanol–water partition coefficient (Wildman–Crippen LogP) is 5.35. The molecule has 0 N–H and O–H groups in total. The summed E-state index contributed by atoms with van der Waals surface area (Å²) in [6.07, 6.45) is 4.96. The second-order valence-electron chi connectivity index (χ2n) is 11.2. The molecule has 0 spiro atoms. The summed E-state index contributed by atoms with van der Waals surface area (Å²) < 4.78 is 36.6. The van der Waals surface area contributed by atoms with Gasteiger partial charge in [0, 0.05) is 67.0 Å². The number of para-hydroxylation sites is 1. The van der Waals surface area contributed by atoms with Crippen molar-refractivity contribution in [2.75, 3.05) is 42.0 Å². The lowest BCUT2D eigenvalue weighted by atomic mass is 9.80. The normalized spacial score (nSPS) is 18.3. The highest BCUT2D eigenvalue weighted by atomic mass is 35.5. The fraction of sp³-hybridized carbons (Fsp3) is 0.200. The molecule has 1 unspecified atom stereocenters. The fourth-order valence-corrected chi connectivity index (χ4v) is 8.57. The van der Waals surface area contributed by atoms with Gasteiger partial charge in [0.15, 0.2) is 5.54 Å². The van der Waals surface area contributed by atoms with Crippen LogP contribution in [0.5, 0.6) is 5.75 Å². The molecular formula is C35H29ClN6O4S. The van der Waals surface area contributed by atoms with Crippen LogP contribution in [0.4, 0.5) is 11.4 Å². The second kappa shape index (κ2) is 12.0. The molecule has 2 aliphatic rings. The van der Waals surface area contributed by atoms with Crippen molar-refractivity contribution in [1.29, 1.82) is 5.26 Å². The zero-order valence-corrected chi connectivity index (χ0v) is 26.9. The second-order valence-corrected chi connectivity index (χ2v) is 13.3. The molecular weight excluding hydrogens is 636 g/mol. The summed E-state index contributed by atoms with van der Waals surface area (Å²) >= 11 is 6.44. The van der Waals surface area contributed by atoms with Crippen molar-refractivity contribution in [2.24, 2.45) is 0 Å². The third-order valence-electron chi connectivity index (χ3n) is 8.78. The number of hydrogen-bond donors (Lipinski definition) is 0. The molecule has 1 atom stereocenters. The van der Waals surface area contributed by atoms with Crippen LogP contribution in [0.15, 0.2) is 102 Å². The average molecular weight is 665 g/mol. The van der Waals surface area contributed by atoms with Gasteiger partial charge in [-0.1, -0.05) is 29.8 Å². The summed E-state index contributed by atoms with van der Waals surface area (Å²) in [5, 5.41) is 10.8. The van der Waals surface area contributed by atoms with E-state index in [0.29, 0.717) is 65.6 Å². The molecule has 4 heterocycles. The Morgan fingerprint density at radius 2 is 1.70 bits per heavy atom. The Balaban J connectivity index is 1.46. The monoisotopic (exact) mass is 664 g/mol. The van der Waals surface area contributed by atoms with Gasteiger partial charge in [-0.25, -0.2) is 12.7 Å². The van der Waals surface area contributed by atoms with E-state index < -0.39 is 21.5 Å². The molecule has 2 aliphatic heterocycles.